The maximum Gasteiger partial charge on any atom is 0.408 e. The van der Waals surface area contributed by atoms with Crippen molar-refractivity contribution in [1.82, 2.24) is 15.5 Å². The molecule has 0 radical (unpaired) electrons. The minimum Gasteiger partial charge on any atom is -0.444 e. The van der Waals surface area contributed by atoms with Gasteiger partial charge in [-0.15, -0.1) is 0 Å². The van der Waals surface area contributed by atoms with Crippen LogP contribution in [0, 0.1) is 0 Å². The summed E-state index contributed by atoms with van der Waals surface area (Å²) in [5, 5.41) is 6.76. The number of rotatable bonds is 4. The maximum atomic E-state index is 12.7. The summed E-state index contributed by atoms with van der Waals surface area (Å²) in [7, 11) is 0. The number of hydrogen-bond donors (Lipinski definition) is 1. The molecule has 10 heteroatoms. The number of alkyl carbamates (subject to hydrolysis) is 1. The third-order valence-electron chi connectivity index (χ3n) is 4.13. The summed E-state index contributed by atoms with van der Waals surface area (Å²) >= 11 is 0. The van der Waals surface area contributed by atoms with Gasteiger partial charge in [0.05, 0.1) is 16.7 Å². The van der Waals surface area contributed by atoms with Crippen molar-refractivity contribution in [3.05, 3.63) is 52.9 Å². The van der Waals surface area contributed by atoms with Gasteiger partial charge in [-0.1, -0.05) is 22.4 Å². The minimum atomic E-state index is -1.19. The topological polar surface area (TPSA) is 128 Å². The molecule has 0 bridgehead atoms. The fourth-order valence-corrected chi connectivity index (χ4v) is 2.83. The molecule has 0 unspecified atom stereocenters. The molecule has 0 atom stereocenters. The smallest absolute Gasteiger partial charge is 0.408 e. The number of amides is 3. The molecule has 1 aliphatic heterocycles. The molecule has 0 spiro atoms. The summed E-state index contributed by atoms with van der Waals surface area (Å²) in [6, 6.07) is 6.11. The van der Waals surface area contributed by atoms with E-state index in [2.05, 4.69) is 10.5 Å². The summed E-state index contributed by atoms with van der Waals surface area (Å²) in [6.45, 7) is 8.28. The first kappa shape index (κ1) is 21.0. The van der Waals surface area contributed by atoms with Crippen LogP contribution >= 0.6 is 0 Å². The quantitative estimate of drug-likeness (QED) is 0.755. The van der Waals surface area contributed by atoms with Gasteiger partial charge in [0.1, 0.15) is 23.1 Å². The molecule has 1 aromatic heterocycles. The van der Waals surface area contributed by atoms with Crippen LogP contribution in [-0.2, 0) is 15.1 Å². The molecule has 0 aliphatic carbocycles. The van der Waals surface area contributed by atoms with Gasteiger partial charge >= 0.3 is 12.1 Å². The van der Waals surface area contributed by atoms with E-state index >= 15 is 0 Å². The summed E-state index contributed by atoms with van der Waals surface area (Å²) in [6.07, 6.45) is 0.282. The first-order valence-electron chi connectivity index (χ1n) is 9.07. The average Bonchev–Trinajstić information content (AvgIpc) is 3.21. The Labute approximate surface area is 172 Å². The van der Waals surface area contributed by atoms with Crippen molar-refractivity contribution < 1.29 is 33.3 Å². The maximum absolute atomic E-state index is 12.7. The summed E-state index contributed by atoms with van der Waals surface area (Å²) in [5.41, 5.74) is -1.77. The molecule has 2 aromatic rings. The van der Waals surface area contributed by atoms with Crippen LogP contribution in [0.4, 0.5) is 4.79 Å². The third-order valence-corrected chi connectivity index (χ3v) is 4.13. The monoisotopic (exact) mass is 415 g/mol. The van der Waals surface area contributed by atoms with Crippen molar-refractivity contribution in [2.75, 3.05) is 0 Å². The van der Waals surface area contributed by atoms with Crippen molar-refractivity contribution in [2.24, 2.45) is 0 Å². The fraction of sp³-hybridized carbons (Fsp3) is 0.350. The molecule has 30 heavy (non-hydrogen) atoms. The van der Waals surface area contributed by atoms with Gasteiger partial charge in [-0.25, -0.2) is 9.59 Å². The van der Waals surface area contributed by atoms with Crippen LogP contribution in [-0.4, -0.2) is 39.7 Å². The predicted molar refractivity (Wildman–Crippen MR) is 101 cm³/mol. The lowest BCUT2D eigenvalue weighted by atomic mass is 9.97. The molecule has 1 N–H and O–H groups in total. The molecule has 0 saturated carbocycles. The molecule has 3 amide bonds. The second-order valence-corrected chi connectivity index (χ2v) is 8.16. The standard InChI is InChI=1S/C20H21N3O7/c1-19(2,3)29-18(27)21-20(4,5)14-13(10-28-22-14)17(26)30-23-15(24)11-8-6-7-9-12(11)16(23)25/h6-10H,1-5H3,(H,21,27). The van der Waals surface area contributed by atoms with Crippen molar-refractivity contribution in [3.8, 4) is 0 Å². The first-order chi connectivity index (χ1) is 13.9. The summed E-state index contributed by atoms with van der Waals surface area (Å²) in [4.78, 5) is 54.6. The van der Waals surface area contributed by atoms with Gasteiger partial charge < -0.3 is 19.4 Å². The van der Waals surface area contributed by atoms with Gasteiger partial charge in [0.2, 0.25) is 0 Å². The molecule has 1 aliphatic rings. The second-order valence-electron chi connectivity index (χ2n) is 8.16. The number of benzene rings is 1. The van der Waals surface area contributed by atoms with E-state index in [4.69, 9.17) is 14.1 Å². The van der Waals surface area contributed by atoms with Crippen molar-refractivity contribution >= 4 is 23.9 Å². The van der Waals surface area contributed by atoms with Gasteiger partial charge in [0.25, 0.3) is 11.8 Å². The van der Waals surface area contributed by atoms with Crippen LogP contribution in [0.15, 0.2) is 35.1 Å². The minimum absolute atomic E-state index is 0.0370. The summed E-state index contributed by atoms with van der Waals surface area (Å²) < 4.78 is 10.1. The van der Waals surface area contributed by atoms with Crippen LogP contribution in [0.1, 0.15) is 71.4 Å². The van der Waals surface area contributed by atoms with E-state index in [0.29, 0.717) is 5.06 Å². The number of imide groups is 1. The number of ether oxygens (including phenoxy) is 1. The SMILES string of the molecule is CC(C)(C)OC(=O)NC(C)(C)c1nocc1C(=O)ON1C(=O)c2ccccc2C1=O. The molecular weight excluding hydrogens is 394 g/mol. The number of carbonyl (C=O) groups is 4. The Morgan fingerprint density at radius 1 is 1.03 bits per heavy atom. The Balaban J connectivity index is 1.78. The van der Waals surface area contributed by atoms with E-state index in [1.165, 1.54) is 12.1 Å². The second kappa shape index (κ2) is 7.29. The highest BCUT2D eigenvalue weighted by molar-refractivity contribution is 6.21. The predicted octanol–water partition coefficient (Wildman–Crippen LogP) is 2.80. The van der Waals surface area contributed by atoms with Crippen LogP contribution in [0.3, 0.4) is 0 Å². The van der Waals surface area contributed by atoms with Gasteiger partial charge in [-0.2, -0.15) is 0 Å². The lowest BCUT2D eigenvalue weighted by molar-refractivity contribution is -0.0586. The van der Waals surface area contributed by atoms with Gasteiger partial charge in [0, 0.05) is 0 Å². The molecule has 0 fully saturated rings. The van der Waals surface area contributed by atoms with E-state index in [0.717, 1.165) is 6.26 Å². The Morgan fingerprint density at radius 3 is 2.13 bits per heavy atom. The Kier molecular flexibility index (Phi) is 5.11. The molecule has 158 valence electrons. The number of hydroxylamine groups is 2. The van der Waals surface area contributed by atoms with E-state index < -0.39 is 35.0 Å². The van der Waals surface area contributed by atoms with E-state index in [1.807, 2.05) is 0 Å². The zero-order valence-electron chi connectivity index (χ0n) is 17.1. The third kappa shape index (κ3) is 4.02. The summed E-state index contributed by atoms with van der Waals surface area (Å²) in [5.74, 6) is -2.55. The van der Waals surface area contributed by atoms with Crippen molar-refractivity contribution in [2.45, 2.75) is 45.8 Å². The highest BCUT2D eigenvalue weighted by Gasteiger charge is 2.41. The van der Waals surface area contributed by atoms with Gasteiger partial charge in [-0.3, -0.25) is 9.59 Å². The number of nitrogens with one attached hydrogen (secondary N) is 1. The van der Waals surface area contributed by atoms with Crippen LogP contribution in [0.5, 0.6) is 0 Å². The van der Waals surface area contributed by atoms with Crippen LogP contribution in [0.25, 0.3) is 0 Å². The molecule has 1 aromatic carbocycles. The number of hydrogen-bond acceptors (Lipinski definition) is 8. The molecule has 0 saturated heterocycles. The Bertz CT molecular complexity index is 998. The Hall–Kier alpha value is -3.69. The lowest BCUT2D eigenvalue weighted by Gasteiger charge is -2.27. The zero-order chi connectivity index (χ0) is 22.3. The number of fused-ring (bicyclic) bond motifs is 1. The molecule has 3 rings (SSSR count). The zero-order valence-corrected chi connectivity index (χ0v) is 17.1. The van der Waals surface area contributed by atoms with Gasteiger partial charge in [0.15, 0.2) is 0 Å². The average molecular weight is 415 g/mol. The Morgan fingerprint density at radius 2 is 1.60 bits per heavy atom. The van der Waals surface area contributed by atoms with E-state index in [9.17, 15) is 19.2 Å². The normalized spacial score (nSPS) is 13.8. The highest BCUT2D eigenvalue weighted by atomic mass is 16.7. The number of aromatic nitrogens is 1. The number of nitrogens with zero attached hydrogens (tertiary/aromatic N) is 2. The molecule has 10 nitrogen and oxygen atoms in total. The van der Waals surface area contributed by atoms with Crippen molar-refractivity contribution in [1.29, 1.82) is 0 Å². The fourth-order valence-electron chi connectivity index (χ4n) is 2.83. The highest BCUT2D eigenvalue weighted by Crippen LogP contribution is 2.27. The van der Waals surface area contributed by atoms with Gasteiger partial charge in [-0.05, 0) is 46.8 Å². The largest absolute Gasteiger partial charge is 0.444 e. The van der Waals surface area contributed by atoms with E-state index in [-0.39, 0.29) is 22.4 Å². The van der Waals surface area contributed by atoms with Crippen LogP contribution < -0.4 is 5.32 Å². The molecular formula is C20H21N3O7. The lowest BCUT2D eigenvalue weighted by Crippen LogP contribution is -2.45. The molecule has 2 heterocycles. The number of carbonyl (C=O) groups excluding carboxylic acids is 4. The van der Waals surface area contributed by atoms with Crippen LogP contribution in [0.2, 0.25) is 0 Å². The van der Waals surface area contributed by atoms with E-state index in [1.54, 1.807) is 46.8 Å². The van der Waals surface area contributed by atoms with Crippen molar-refractivity contribution in [3.63, 3.8) is 0 Å². The first-order valence-corrected chi connectivity index (χ1v) is 9.07.